The molecule has 0 nitrogen and oxygen atoms in total. The second-order valence-electron chi connectivity index (χ2n) is 3.52. The first-order chi connectivity index (χ1) is 7.49. The maximum atomic E-state index is 3.77. The summed E-state index contributed by atoms with van der Waals surface area (Å²) in [6, 6.07) is 4.43. The fourth-order valence-electron chi connectivity index (χ4n) is 1.36. The summed E-state index contributed by atoms with van der Waals surface area (Å²) in [4.78, 5) is 4.32. The molecule has 2 heterocycles. The molecule has 1 unspecified atom stereocenters. The van der Waals surface area contributed by atoms with Gasteiger partial charge in [-0.25, -0.2) is 0 Å². The van der Waals surface area contributed by atoms with Crippen LogP contribution in [0.25, 0.3) is 0 Å². The van der Waals surface area contributed by atoms with Crippen LogP contribution in [0, 0.1) is 13.8 Å². The minimum Gasteiger partial charge on any atom is -0.143 e. The van der Waals surface area contributed by atoms with E-state index in [0.29, 0.717) is 4.83 Å². The van der Waals surface area contributed by atoms with Crippen LogP contribution in [-0.4, -0.2) is 0 Å². The van der Waals surface area contributed by atoms with Gasteiger partial charge < -0.3 is 0 Å². The van der Waals surface area contributed by atoms with Gasteiger partial charge in [-0.15, -0.1) is 22.7 Å². The Morgan fingerprint density at radius 2 is 1.69 bits per heavy atom. The number of hydrogen-bond donors (Lipinski definition) is 0. The Morgan fingerprint density at radius 3 is 2.12 bits per heavy atom. The van der Waals surface area contributed by atoms with Crippen LogP contribution in [0.2, 0.25) is 0 Å². The number of aryl methyl sites for hydroxylation is 2. The molecular formula is C11H9Br3S2. The average Bonchev–Trinajstić information content (AvgIpc) is 2.72. The molecule has 0 aliphatic heterocycles. The van der Waals surface area contributed by atoms with Gasteiger partial charge in [0.25, 0.3) is 0 Å². The van der Waals surface area contributed by atoms with E-state index in [1.165, 1.54) is 28.5 Å². The molecule has 0 aromatic carbocycles. The average molecular weight is 445 g/mol. The van der Waals surface area contributed by atoms with Crippen LogP contribution in [0.1, 0.15) is 25.0 Å². The first kappa shape index (κ1) is 13.3. The molecule has 0 aliphatic rings. The molecule has 0 fully saturated rings. The van der Waals surface area contributed by atoms with Crippen molar-refractivity contribution >= 4 is 70.5 Å². The van der Waals surface area contributed by atoms with Crippen LogP contribution >= 0.6 is 70.5 Å². The van der Waals surface area contributed by atoms with Gasteiger partial charge in [-0.2, -0.15) is 0 Å². The SMILES string of the molecule is Cc1cc(C(Br)c2cc(Br)c(C)s2)sc1Br. The lowest BCUT2D eigenvalue weighted by Gasteiger charge is -2.03. The molecule has 86 valence electrons. The number of alkyl halides is 1. The fourth-order valence-corrected chi connectivity index (χ4v) is 5.38. The Morgan fingerprint density at radius 1 is 1.06 bits per heavy atom. The van der Waals surface area contributed by atoms with Gasteiger partial charge in [0.2, 0.25) is 0 Å². The maximum absolute atomic E-state index is 3.77. The zero-order chi connectivity index (χ0) is 11.9. The van der Waals surface area contributed by atoms with Crippen LogP contribution in [0.3, 0.4) is 0 Å². The maximum Gasteiger partial charge on any atom is 0.0831 e. The van der Waals surface area contributed by atoms with Gasteiger partial charge in [0.15, 0.2) is 0 Å². The van der Waals surface area contributed by atoms with E-state index in [1.807, 2.05) is 11.3 Å². The van der Waals surface area contributed by atoms with Gasteiger partial charge in [0, 0.05) is 19.1 Å². The molecule has 16 heavy (non-hydrogen) atoms. The molecule has 0 N–H and O–H groups in total. The van der Waals surface area contributed by atoms with Gasteiger partial charge >= 0.3 is 0 Å². The predicted octanol–water partition coefficient (Wildman–Crippen LogP) is 6.44. The van der Waals surface area contributed by atoms with E-state index in [1.54, 1.807) is 11.3 Å². The Kier molecular flexibility index (Phi) is 4.33. The molecule has 2 rings (SSSR count). The Bertz CT molecular complexity index is 428. The van der Waals surface area contributed by atoms with E-state index in [9.17, 15) is 0 Å². The van der Waals surface area contributed by atoms with E-state index in [0.717, 1.165) is 0 Å². The minimum absolute atomic E-state index is 0.303. The molecule has 1 atom stereocenters. The Balaban J connectivity index is 2.34. The molecule has 0 bridgehead atoms. The van der Waals surface area contributed by atoms with Crippen molar-refractivity contribution in [1.82, 2.24) is 0 Å². The van der Waals surface area contributed by atoms with Gasteiger partial charge in [0.1, 0.15) is 0 Å². The smallest absolute Gasteiger partial charge is 0.0831 e. The van der Waals surface area contributed by atoms with Crippen LogP contribution in [0.5, 0.6) is 0 Å². The van der Waals surface area contributed by atoms with Crippen LogP contribution in [-0.2, 0) is 0 Å². The normalized spacial score (nSPS) is 13.1. The second-order valence-corrected chi connectivity index (χ2v) is 8.98. The molecule has 0 amide bonds. The molecule has 0 spiro atoms. The van der Waals surface area contributed by atoms with Crippen LogP contribution in [0.4, 0.5) is 0 Å². The first-order valence-corrected chi connectivity index (χ1v) is 8.78. The van der Waals surface area contributed by atoms with Gasteiger partial charge in [-0.05, 0) is 63.4 Å². The van der Waals surface area contributed by atoms with Crippen molar-refractivity contribution in [1.29, 1.82) is 0 Å². The van der Waals surface area contributed by atoms with Crippen molar-refractivity contribution in [3.8, 4) is 0 Å². The summed E-state index contributed by atoms with van der Waals surface area (Å²) in [5.74, 6) is 0. The highest BCUT2D eigenvalue weighted by Crippen LogP contribution is 2.43. The Hall–Kier alpha value is 0.840. The minimum atomic E-state index is 0.303. The summed E-state index contributed by atoms with van der Waals surface area (Å²) in [6.07, 6.45) is 0. The van der Waals surface area contributed by atoms with Crippen molar-refractivity contribution in [2.24, 2.45) is 0 Å². The standard InChI is InChI=1S/C11H9Br3S2/c1-5-3-8(16-11(5)14)10(13)9-4-7(12)6(2)15-9/h3-4,10H,1-2H3. The lowest BCUT2D eigenvalue weighted by atomic mass is 10.2. The molecular weight excluding hydrogens is 436 g/mol. The third-order valence-electron chi connectivity index (χ3n) is 2.25. The lowest BCUT2D eigenvalue weighted by Crippen LogP contribution is -1.83. The summed E-state index contributed by atoms with van der Waals surface area (Å²) < 4.78 is 2.42. The lowest BCUT2D eigenvalue weighted by molar-refractivity contribution is 1.27. The molecule has 2 aromatic heterocycles. The van der Waals surface area contributed by atoms with Gasteiger partial charge in [0.05, 0.1) is 8.61 Å². The third-order valence-corrected chi connectivity index (χ3v) is 8.25. The van der Waals surface area contributed by atoms with Crippen molar-refractivity contribution in [3.05, 3.63) is 40.6 Å². The van der Waals surface area contributed by atoms with E-state index < -0.39 is 0 Å². The number of halogens is 3. The van der Waals surface area contributed by atoms with Crippen molar-refractivity contribution in [3.63, 3.8) is 0 Å². The number of hydrogen-bond acceptors (Lipinski definition) is 2. The van der Waals surface area contributed by atoms with Crippen molar-refractivity contribution in [2.75, 3.05) is 0 Å². The largest absolute Gasteiger partial charge is 0.143 e. The zero-order valence-corrected chi connectivity index (χ0v) is 15.1. The Labute approximate surface area is 128 Å². The quantitative estimate of drug-likeness (QED) is 0.468. The fraction of sp³-hybridized carbons (Fsp3) is 0.273. The monoisotopic (exact) mass is 442 g/mol. The summed E-state index contributed by atoms with van der Waals surface area (Å²) in [7, 11) is 0. The molecule has 0 saturated heterocycles. The highest BCUT2D eigenvalue weighted by molar-refractivity contribution is 9.11. The number of rotatable bonds is 2. The summed E-state index contributed by atoms with van der Waals surface area (Å²) >= 11 is 14.5. The highest BCUT2D eigenvalue weighted by Gasteiger charge is 2.17. The van der Waals surface area contributed by atoms with Crippen LogP contribution in [0.15, 0.2) is 20.4 Å². The molecule has 0 saturated carbocycles. The molecule has 0 radical (unpaired) electrons. The van der Waals surface area contributed by atoms with Crippen molar-refractivity contribution in [2.45, 2.75) is 18.7 Å². The predicted molar refractivity (Wildman–Crippen MR) is 84.3 cm³/mol. The summed E-state index contributed by atoms with van der Waals surface area (Å²) in [5.41, 5.74) is 1.30. The van der Waals surface area contributed by atoms with E-state index in [2.05, 4.69) is 73.8 Å². The summed E-state index contributed by atoms with van der Waals surface area (Å²) in [5, 5.41) is 0. The topological polar surface area (TPSA) is 0 Å². The first-order valence-electron chi connectivity index (χ1n) is 4.64. The van der Waals surface area contributed by atoms with Gasteiger partial charge in [-0.3, -0.25) is 0 Å². The molecule has 5 heteroatoms. The zero-order valence-electron chi connectivity index (χ0n) is 8.68. The van der Waals surface area contributed by atoms with Gasteiger partial charge in [-0.1, -0.05) is 15.9 Å². The molecule has 0 aliphatic carbocycles. The van der Waals surface area contributed by atoms with E-state index >= 15 is 0 Å². The second kappa shape index (κ2) is 5.22. The van der Waals surface area contributed by atoms with Crippen LogP contribution < -0.4 is 0 Å². The highest BCUT2D eigenvalue weighted by atomic mass is 79.9. The molecule has 2 aromatic rings. The number of thiophene rings is 2. The summed E-state index contributed by atoms with van der Waals surface area (Å²) in [6.45, 7) is 4.26. The third kappa shape index (κ3) is 2.64. The van der Waals surface area contributed by atoms with E-state index in [-0.39, 0.29) is 0 Å². The van der Waals surface area contributed by atoms with E-state index in [4.69, 9.17) is 0 Å². The van der Waals surface area contributed by atoms with Crippen molar-refractivity contribution < 1.29 is 0 Å².